The Labute approximate surface area is 156 Å². The van der Waals surface area contributed by atoms with Gasteiger partial charge in [0.25, 0.3) is 0 Å². The van der Waals surface area contributed by atoms with Gasteiger partial charge in [-0.3, -0.25) is 4.90 Å². The molecule has 26 heavy (non-hydrogen) atoms. The molecule has 0 unspecified atom stereocenters. The van der Waals surface area contributed by atoms with Crippen molar-refractivity contribution in [3.63, 3.8) is 0 Å². The highest BCUT2D eigenvalue weighted by atomic mass is 32.1. The van der Waals surface area contributed by atoms with Crippen LogP contribution in [0.1, 0.15) is 22.6 Å². The monoisotopic (exact) mass is 363 g/mol. The molecular formula is C20H21N5S. The van der Waals surface area contributed by atoms with Crippen molar-refractivity contribution in [1.29, 1.82) is 0 Å². The maximum atomic E-state index is 6.13. The molecule has 1 fully saturated rings. The average molecular weight is 363 g/mol. The number of nitrogens with two attached hydrogens (primary N) is 1. The molecule has 3 aromatic heterocycles. The van der Waals surface area contributed by atoms with Crippen LogP contribution in [0.2, 0.25) is 0 Å². The summed E-state index contributed by atoms with van der Waals surface area (Å²) in [6, 6.07) is 12.6. The average Bonchev–Trinajstić information content (AvgIpc) is 3.38. The standard InChI is InChI=1S/C20H21N5S/c21-20-18-19(16-5-1-2-6-17(16)23-20)25(13-22-18)12-15-8-7-14(26-15)11-24-9-3-4-10-24/h1-2,5-8,13H,3-4,9-12H2,(H2,21,23). The summed E-state index contributed by atoms with van der Waals surface area (Å²) < 4.78 is 2.20. The molecule has 0 atom stereocenters. The van der Waals surface area contributed by atoms with Crippen molar-refractivity contribution in [2.75, 3.05) is 18.8 Å². The Balaban J connectivity index is 1.49. The minimum atomic E-state index is 0.498. The van der Waals surface area contributed by atoms with E-state index >= 15 is 0 Å². The molecule has 0 aliphatic carbocycles. The molecule has 132 valence electrons. The lowest BCUT2D eigenvalue weighted by Crippen LogP contribution is -2.17. The first-order chi connectivity index (χ1) is 12.8. The van der Waals surface area contributed by atoms with Gasteiger partial charge in [-0.25, -0.2) is 9.97 Å². The summed E-state index contributed by atoms with van der Waals surface area (Å²) in [5, 5.41) is 1.10. The molecule has 4 heterocycles. The van der Waals surface area contributed by atoms with E-state index in [2.05, 4.69) is 37.6 Å². The normalized spacial score (nSPS) is 15.4. The number of pyridine rings is 1. The van der Waals surface area contributed by atoms with E-state index in [9.17, 15) is 0 Å². The Bertz CT molecular complexity index is 1070. The van der Waals surface area contributed by atoms with Crippen LogP contribution in [0.15, 0.2) is 42.7 Å². The number of fused-ring (bicyclic) bond motifs is 3. The van der Waals surface area contributed by atoms with Crippen molar-refractivity contribution in [2.24, 2.45) is 0 Å². The van der Waals surface area contributed by atoms with Gasteiger partial charge in [-0.05, 0) is 44.1 Å². The molecule has 1 aromatic carbocycles. The molecule has 0 bridgehead atoms. The van der Waals surface area contributed by atoms with E-state index < -0.39 is 0 Å². The molecule has 1 aliphatic rings. The van der Waals surface area contributed by atoms with Gasteiger partial charge in [0, 0.05) is 21.7 Å². The number of hydrogen-bond acceptors (Lipinski definition) is 5. The fourth-order valence-corrected chi connectivity index (χ4v) is 4.91. The minimum Gasteiger partial charge on any atom is -0.382 e. The van der Waals surface area contributed by atoms with Gasteiger partial charge in [-0.1, -0.05) is 18.2 Å². The zero-order valence-electron chi connectivity index (χ0n) is 14.6. The van der Waals surface area contributed by atoms with E-state index in [1.54, 1.807) is 0 Å². The lowest BCUT2D eigenvalue weighted by Gasteiger charge is -2.12. The summed E-state index contributed by atoms with van der Waals surface area (Å²) in [7, 11) is 0. The Morgan fingerprint density at radius 3 is 2.62 bits per heavy atom. The van der Waals surface area contributed by atoms with Crippen LogP contribution in [0.25, 0.3) is 21.9 Å². The molecule has 6 heteroatoms. The van der Waals surface area contributed by atoms with Crippen LogP contribution in [-0.4, -0.2) is 32.5 Å². The van der Waals surface area contributed by atoms with Crippen molar-refractivity contribution in [3.05, 3.63) is 52.5 Å². The molecule has 5 nitrogen and oxygen atoms in total. The van der Waals surface area contributed by atoms with Gasteiger partial charge >= 0.3 is 0 Å². The van der Waals surface area contributed by atoms with E-state index in [1.165, 1.54) is 35.7 Å². The van der Waals surface area contributed by atoms with Gasteiger partial charge in [0.1, 0.15) is 5.52 Å². The van der Waals surface area contributed by atoms with Gasteiger partial charge in [0.15, 0.2) is 5.82 Å². The first-order valence-corrected chi connectivity index (χ1v) is 9.88. The summed E-state index contributed by atoms with van der Waals surface area (Å²) in [5.41, 5.74) is 8.91. The van der Waals surface area contributed by atoms with Crippen molar-refractivity contribution >= 4 is 39.1 Å². The predicted molar refractivity (Wildman–Crippen MR) is 107 cm³/mol. The molecular weight excluding hydrogens is 342 g/mol. The third-order valence-electron chi connectivity index (χ3n) is 5.10. The fourth-order valence-electron chi connectivity index (χ4n) is 3.85. The van der Waals surface area contributed by atoms with Gasteiger partial charge in [0.2, 0.25) is 0 Å². The largest absolute Gasteiger partial charge is 0.382 e. The number of aromatic nitrogens is 3. The number of benzene rings is 1. The topological polar surface area (TPSA) is 60.0 Å². The van der Waals surface area contributed by atoms with Crippen LogP contribution >= 0.6 is 11.3 Å². The van der Waals surface area contributed by atoms with E-state index in [4.69, 9.17) is 5.73 Å². The van der Waals surface area contributed by atoms with Crippen molar-refractivity contribution < 1.29 is 0 Å². The van der Waals surface area contributed by atoms with Crippen molar-refractivity contribution in [1.82, 2.24) is 19.4 Å². The minimum absolute atomic E-state index is 0.498. The number of nitrogen functional groups attached to an aromatic ring is 1. The molecule has 1 aliphatic heterocycles. The van der Waals surface area contributed by atoms with Crippen LogP contribution in [0.4, 0.5) is 5.82 Å². The maximum Gasteiger partial charge on any atom is 0.152 e. The quantitative estimate of drug-likeness (QED) is 0.598. The Kier molecular flexibility index (Phi) is 3.87. The fraction of sp³-hybridized carbons (Fsp3) is 0.300. The molecule has 5 rings (SSSR count). The Morgan fingerprint density at radius 1 is 1.00 bits per heavy atom. The second-order valence-electron chi connectivity index (χ2n) is 6.94. The number of imidazole rings is 1. The van der Waals surface area contributed by atoms with Crippen LogP contribution in [0.5, 0.6) is 0 Å². The number of anilines is 1. The zero-order valence-corrected chi connectivity index (χ0v) is 15.4. The number of nitrogens with zero attached hydrogens (tertiary/aromatic N) is 4. The molecule has 0 spiro atoms. The zero-order chi connectivity index (χ0) is 17.5. The number of likely N-dealkylation sites (tertiary alicyclic amines) is 1. The first kappa shape index (κ1) is 15.8. The SMILES string of the molecule is Nc1nc2ccccc2c2c1ncn2Cc1ccc(CN2CCCC2)s1. The number of rotatable bonds is 4. The molecule has 0 radical (unpaired) electrons. The second-order valence-corrected chi connectivity index (χ2v) is 8.19. The lowest BCUT2D eigenvalue weighted by atomic mass is 10.2. The van der Waals surface area contributed by atoms with Gasteiger partial charge < -0.3 is 10.3 Å². The third kappa shape index (κ3) is 2.75. The van der Waals surface area contributed by atoms with Gasteiger partial charge in [-0.2, -0.15) is 0 Å². The van der Waals surface area contributed by atoms with Crippen LogP contribution in [-0.2, 0) is 13.1 Å². The van der Waals surface area contributed by atoms with Crippen LogP contribution < -0.4 is 5.73 Å². The smallest absolute Gasteiger partial charge is 0.152 e. The summed E-state index contributed by atoms with van der Waals surface area (Å²) >= 11 is 1.90. The van der Waals surface area contributed by atoms with E-state index in [0.29, 0.717) is 5.82 Å². The summed E-state index contributed by atoms with van der Waals surface area (Å²) in [6.45, 7) is 4.36. The van der Waals surface area contributed by atoms with Crippen LogP contribution in [0.3, 0.4) is 0 Å². The van der Waals surface area contributed by atoms with Crippen molar-refractivity contribution in [2.45, 2.75) is 25.9 Å². The molecule has 0 saturated carbocycles. The second kappa shape index (κ2) is 6.37. The number of para-hydroxylation sites is 1. The van der Waals surface area contributed by atoms with Crippen LogP contribution in [0, 0.1) is 0 Å². The van der Waals surface area contributed by atoms with E-state index in [1.807, 2.05) is 35.9 Å². The highest BCUT2D eigenvalue weighted by molar-refractivity contribution is 7.11. The highest BCUT2D eigenvalue weighted by Gasteiger charge is 2.15. The van der Waals surface area contributed by atoms with Gasteiger partial charge in [0.05, 0.1) is 23.9 Å². The molecule has 0 amide bonds. The molecule has 4 aromatic rings. The summed E-state index contributed by atoms with van der Waals surface area (Å²) in [4.78, 5) is 14.3. The highest BCUT2D eigenvalue weighted by Crippen LogP contribution is 2.28. The summed E-state index contributed by atoms with van der Waals surface area (Å²) in [6.07, 6.45) is 4.55. The maximum absolute atomic E-state index is 6.13. The molecule has 1 saturated heterocycles. The predicted octanol–water partition coefficient (Wildman–Crippen LogP) is 3.87. The van der Waals surface area contributed by atoms with Gasteiger partial charge in [-0.15, -0.1) is 11.3 Å². The molecule has 2 N–H and O–H groups in total. The van der Waals surface area contributed by atoms with Crippen molar-refractivity contribution in [3.8, 4) is 0 Å². The third-order valence-corrected chi connectivity index (χ3v) is 6.16. The first-order valence-electron chi connectivity index (χ1n) is 9.07. The Morgan fingerprint density at radius 2 is 1.77 bits per heavy atom. The van der Waals surface area contributed by atoms with E-state index in [-0.39, 0.29) is 0 Å². The summed E-state index contributed by atoms with van der Waals surface area (Å²) in [5.74, 6) is 0.498. The lowest BCUT2D eigenvalue weighted by molar-refractivity contribution is 0.334. The van der Waals surface area contributed by atoms with E-state index in [0.717, 1.165) is 35.0 Å². The Hall–Kier alpha value is -2.44. The number of thiophene rings is 1. The number of hydrogen-bond donors (Lipinski definition) is 1.